The van der Waals surface area contributed by atoms with Crippen molar-refractivity contribution in [3.8, 4) is 5.75 Å². The highest BCUT2D eigenvalue weighted by Gasteiger charge is 2.16. The summed E-state index contributed by atoms with van der Waals surface area (Å²) in [6, 6.07) is 6.08. The maximum absolute atomic E-state index is 12.9. The molecule has 0 saturated carbocycles. The molecule has 0 spiro atoms. The average Bonchev–Trinajstić information content (AvgIpc) is 2.63. The molecular weight excluding hydrogens is 331 g/mol. The first kappa shape index (κ1) is 20.5. The van der Waals surface area contributed by atoms with Crippen molar-refractivity contribution >= 4 is 5.96 Å². The van der Waals surface area contributed by atoms with Crippen molar-refractivity contribution in [2.75, 3.05) is 39.8 Å². The van der Waals surface area contributed by atoms with Gasteiger partial charge < -0.3 is 20.3 Å². The number of guanidine groups is 1. The maximum Gasteiger partial charge on any atom is 0.191 e. The second kappa shape index (κ2) is 11.0. The Hall–Kier alpha value is -1.82. The number of hydrogen-bond donors (Lipinski definition) is 2. The molecule has 1 aliphatic rings. The molecule has 1 aromatic rings. The molecule has 0 aliphatic carbocycles. The highest BCUT2D eigenvalue weighted by molar-refractivity contribution is 5.79. The molecule has 1 atom stereocenters. The van der Waals surface area contributed by atoms with E-state index in [1.54, 1.807) is 12.1 Å². The number of ether oxygens (including phenoxy) is 1. The second-order valence-electron chi connectivity index (χ2n) is 7.06. The lowest BCUT2D eigenvalue weighted by atomic mass is 9.94. The molecule has 0 radical (unpaired) electrons. The minimum atomic E-state index is -0.258. The standard InChI is InChI=1S/C20H33FN4O/c1-4-22-20(23-12-9-17-10-13-25(3)14-11-17)24-15-16(2)26-19-7-5-18(21)6-8-19/h5-8,16-17H,4,9-15H2,1-3H3,(H2,22,23,24). The number of halogens is 1. The fourth-order valence-corrected chi connectivity index (χ4v) is 3.09. The molecule has 1 saturated heterocycles. The van der Waals surface area contributed by atoms with Gasteiger partial charge >= 0.3 is 0 Å². The number of rotatable bonds is 8. The van der Waals surface area contributed by atoms with E-state index in [1.807, 2.05) is 6.92 Å². The quantitative estimate of drug-likeness (QED) is 0.550. The highest BCUT2D eigenvalue weighted by Crippen LogP contribution is 2.18. The van der Waals surface area contributed by atoms with E-state index in [2.05, 4.69) is 34.5 Å². The van der Waals surface area contributed by atoms with Crippen LogP contribution < -0.4 is 15.4 Å². The van der Waals surface area contributed by atoms with Crippen LogP contribution in [0.1, 0.15) is 33.1 Å². The van der Waals surface area contributed by atoms with Crippen molar-refractivity contribution in [2.24, 2.45) is 10.9 Å². The van der Waals surface area contributed by atoms with Gasteiger partial charge in [-0.2, -0.15) is 0 Å². The van der Waals surface area contributed by atoms with Gasteiger partial charge in [-0.1, -0.05) is 0 Å². The number of nitrogens with zero attached hydrogens (tertiary/aromatic N) is 2. The summed E-state index contributed by atoms with van der Waals surface area (Å²) in [7, 11) is 2.19. The fraction of sp³-hybridized carbons (Fsp3) is 0.650. The van der Waals surface area contributed by atoms with Crippen LogP contribution in [0.3, 0.4) is 0 Å². The zero-order valence-electron chi connectivity index (χ0n) is 16.3. The van der Waals surface area contributed by atoms with E-state index in [1.165, 1.54) is 44.5 Å². The van der Waals surface area contributed by atoms with Gasteiger partial charge in [0.15, 0.2) is 5.96 Å². The third-order valence-electron chi connectivity index (χ3n) is 4.68. The highest BCUT2D eigenvalue weighted by atomic mass is 19.1. The number of likely N-dealkylation sites (tertiary alicyclic amines) is 1. The van der Waals surface area contributed by atoms with Crippen LogP contribution in [0.4, 0.5) is 4.39 Å². The Morgan fingerprint density at radius 2 is 1.96 bits per heavy atom. The summed E-state index contributed by atoms with van der Waals surface area (Å²) < 4.78 is 18.7. The Morgan fingerprint density at radius 3 is 2.62 bits per heavy atom. The fourth-order valence-electron chi connectivity index (χ4n) is 3.09. The van der Waals surface area contributed by atoms with E-state index in [0.717, 1.165) is 25.0 Å². The Labute approximate surface area is 157 Å². The van der Waals surface area contributed by atoms with Gasteiger partial charge in [0.25, 0.3) is 0 Å². The van der Waals surface area contributed by atoms with Crippen LogP contribution in [-0.2, 0) is 0 Å². The van der Waals surface area contributed by atoms with E-state index in [0.29, 0.717) is 12.3 Å². The van der Waals surface area contributed by atoms with E-state index in [9.17, 15) is 4.39 Å². The van der Waals surface area contributed by atoms with Crippen molar-refractivity contribution < 1.29 is 9.13 Å². The van der Waals surface area contributed by atoms with Gasteiger partial charge in [-0.05, 0) is 83.4 Å². The van der Waals surface area contributed by atoms with E-state index in [4.69, 9.17) is 4.74 Å². The molecular formula is C20H33FN4O. The molecule has 26 heavy (non-hydrogen) atoms. The van der Waals surface area contributed by atoms with E-state index < -0.39 is 0 Å². The summed E-state index contributed by atoms with van der Waals surface area (Å²) in [5.74, 6) is 2.04. The first-order chi connectivity index (χ1) is 12.6. The van der Waals surface area contributed by atoms with E-state index >= 15 is 0 Å². The zero-order valence-corrected chi connectivity index (χ0v) is 16.3. The molecule has 5 nitrogen and oxygen atoms in total. The molecule has 0 amide bonds. The second-order valence-corrected chi connectivity index (χ2v) is 7.06. The monoisotopic (exact) mass is 364 g/mol. The number of aliphatic imine (C=N–C) groups is 1. The summed E-state index contributed by atoms with van der Waals surface area (Å²) in [5.41, 5.74) is 0. The first-order valence-electron chi connectivity index (χ1n) is 9.69. The van der Waals surface area contributed by atoms with Gasteiger partial charge in [-0.25, -0.2) is 9.38 Å². The lowest BCUT2D eigenvalue weighted by molar-refractivity contribution is 0.213. The molecule has 0 bridgehead atoms. The SMILES string of the molecule is CCNC(=NCC(C)Oc1ccc(F)cc1)NCCC1CCN(C)CC1. The van der Waals surface area contributed by atoms with Gasteiger partial charge in [-0.3, -0.25) is 0 Å². The van der Waals surface area contributed by atoms with Crippen LogP contribution in [0.5, 0.6) is 5.75 Å². The Kier molecular flexibility index (Phi) is 8.68. The molecule has 1 aliphatic heterocycles. The predicted molar refractivity (Wildman–Crippen MR) is 105 cm³/mol. The average molecular weight is 365 g/mol. The lowest BCUT2D eigenvalue weighted by Crippen LogP contribution is -2.39. The Balaban J connectivity index is 1.73. The van der Waals surface area contributed by atoms with Crippen molar-refractivity contribution in [3.63, 3.8) is 0 Å². The molecule has 1 unspecified atom stereocenters. The minimum absolute atomic E-state index is 0.0789. The summed E-state index contributed by atoms with van der Waals surface area (Å²) in [5, 5.41) is 6.71. The number of nitrogens with one attached hydrogen (secondary N) is 2. The predicted octanol–water partition coefficient (Wildman–Crippen LogP) is 2.88. The molecule has 1 aromatic carbocycles. The van der Waals surface area contributed by atoms with Crippen molar-refractivity contribution in [2.45, 2.75) is 39.2 Å². The van der Waals surface area contributed by atoms with Crippen LogP contribution in [0, 0.1) is 11.7 Å². The number of piperidine rings is 1. The van der Waals surface area contributed by atoms with Crippen LogP contribution in [0.2, 0.25) is 0 Å². The summed E-state index contributed by atoms with van der Waals surface area (Å²) in [6.07, 6.45) is 3.67. The van der Waals surface area contributed by atoms with Crippen LogP contribution in [-0.4, -0.2) is 56.7 Å². The Morgan fingerprint density at radius 1 is 1.27 bits per heavy atom. The van der Waals surface area contributed by atoms with Crippen molar-refractivity contribution in [1.29, 1.82) is 0 Å². The van der Waals surface area contributed by atoms with Gasteiger partial charge in [-0.15, -0.1) is 0 Å². The molecule has 0 aromatic heterocycles. The van der Waals surface area contributed by atoms with Crippen molar-refractivity contribution in [3.05, 3.63) is 30.1 Å². The zero-order chi connectivity index (χ0) is 18.8. The third-order valence-corrected chi connectivity index (χ3v) is 4.68. The number of benzene rings is 1. The molecule has 1 heterocycles. The van der Waals surface area contributed by atoms with Crippen LogP contribution in [0.25, 0.3) is 0 Å². The molecule has 2 N–H and O–H groups in total. The lowest BCUT2D eigenvalue weighted by Gasteiger charge is -2.29. The summed E-state index contributed by atoms with van der Waals surface area (Å²) in [4.78, 5) is 7.01. The Bertz CT molecular complexity index is 541. The molecule has 6 heteroatoms. The van der Waals surface area contributed by atoms with Gasteiger partial charge in [0.2, 0.25) is 0 Å². The van der Waals surface area contributed by atoms with Gasteiger partial charge in [0.1, 0.15) is 17.7 Å². The molecule has 1 fully saturated rings. The molecule has 2 rings (SSSR count). The first-order valence-corrected chi connectivity index (χ1v) is 9.69. The van der Waals surface area contributed by atoms with Crippen LogP contribution in [0.15, 0.2) is 29.3 Å². The topological polar surface area (TPSA) is 48.9 Å². The third kappa shape index (κ3) is 7.60. The van der Waals surface area contributed by atoms with Gasteiger partial charge in [0.05, 0.1) is 6.54 Å². The van der Waals surface area contributed by atoms with E-state index in [-0.39, 0.29) is 11.9 Å². The summed E-state index contributed by atoms with van der Waals surface area (Å²) >= 11 is 0. The van der Waals surface area contributed by atoms with Crippen LogP contribution >= 0.6 is 0 Å². The maximum atomic E-state index is 12.9. The summed E-state index contributed by atoms with van der Waals surface area (Å²) in [6.45, 7) is 8.75. The number of hydrogen-bond acceptors (Lipinski definition) is 3. The van der Waals surface area contributed by atoms with Gasteiger partial charge in [0, 0.05) is 13.1 Å². The van der Waals surface area contributed by atoms with Crippen molar-refractivity contribution in [1.82, 2.24) is 15.5 Å². The largest absolute Gasteiger partial charge is 0.489 e. The smallest absolute Gasteiger partial charge is 0.191 e. The minimum Gasteiger partial charge on any atom is -0.489 e. The molecule has 146 valence electrons. The normalized spacial score (nSPS) is 17.8.